The maximum Gasteiger partial charge on any atom is 0.146 e. The van der Waals surface area contributed by atoms with Gasteiger partial charge in [-0.2, -0.15) is 0 Å². The number of rotatable bonds is 1. The van der Waals surface area contributed by atoms with Crippen molar-refractivity contribution in [2.75, 3.05) is 5.73 Å². The van der Waals surface area contributed by atoms with E-state index in [4.69, 9.17) is 5.73 Å². The van der Waals surface area contributed by atoms with Gasteiger partial charge in [0.05, 0.1) is 5.69 Å². The van der Waals surface area contributed by atoms with Gasteiger partial charge in [-0.3, -0.25) is 0 Å². The molecule has 15 heavy (non-hydrogen) atoms. The highest BCUT2D eigenvalue weighted by atomic mass is 19.1. The van der Waals surface area contributed by atoms with E-state index < -0.39 is 0 Å². The molecule has 0 spiro atoms. The van der Waals surface area contributed by atoms with Gasteiger partial charge in [-0.05, 0) is 36.3 Å². The van der Waals surface area contributed by atoms with Crippen LogP contribution in [0.3, 0.4) is 0 Å². The van der Waals surface area contributed by atoms with Gasteiger partial charge in [0.2, 0.25) is 0 Å². The Kier molecular flexibility index (Phi) is 2.94. The van der Waals surface area contributed by atoms with Crippen molar-refractivity contribution in [3.63, 3.8) is 0 Å². The topological polar surface area (TPSA) is 26.0 Å². The molecule has 0 amide bonds. The van der Waals surface area contributed by atoms with Gasteiger partial charge in [0.1, 0.15) is 5.82 Å². The average molecular weight is 207 g/mol. The van der Waals surface area contributed by atoms with E-state index in [0.717, 1.165) is 24.3 Å². The van der Waals surface area contributed by atoms with Gasteiger partial charge < -0.3 is 5.73 Å². The number of nitrogen functional groups attached to an aromatic ring is 1. The second kappa shape index (κ2) is 4.21. The van der Waals surface area contributed by atoms with Crippen LogP contribution in [-0.2, 0) is 0 Å². The second-order valence-corrected chi connectivity index (χ2v) is 4.71. The molecule has 0 aromatic heterocycles. The molecule has 1 nitrogen and oxygen atoms in total. The van der Waals surface area contributed by atoms with Gasteiger partial charge in [-0.1, -0.05) is 31.9 Å². The lowest BCUT2D eigenvalue weighted by molar-refractivity contribution is 0.344. The minimum absolute atomic E-state index is 0.272. The van der Waals surface area contributed by atoms with Gasteiger partial charge in [0.25, 0.3) is 0 Å². The summed E-state index contributed by atoms with van der Waals surface area (Å²) in [6.45, 7) is 2.27. The number of hydrogen-bond donors (Lipinski definition) is 1. The highest BCUT2D eigenvalue weighted by molar-refractivity contribution is 5.49. The zero-order valence-corrected chi connectivity index (χ0v) is 9.17. The van der Waals surface area contributed by atoms with Gasteiger partial charge in [0, 0.05) is 0 Å². The molecule has 2 atom stereocenters. The van der Waals surface area contributed by atoms with Crippen molar-refractivity contribution >= 4 is 5.69 Å². The van der Waals surface area contributed by atoms with Crippen molar-refractivity contribution in [3.8, 4) is 0 Å². The molecule has 1 aliphatic carbocycles. The summed E-state index contributed by atoms with van der Waals surface area (Å²) in [4.78, 5) is 0. The Morgan fingerprint density at radius 3 is 2.87 bits per heavy atom. The molecule has 0 radical (unpaired) electrons. The highest BCUT2D eigenvalue weighted by Gasteiger charge is 2.22. The first-order chi connectivity index (χ1) is 7.18. The normalized spacial score (nSPS) is 26.5. The maximum atomic E-state index is 13.3. The van der Waals surface area contributed by atoms with Crippen LogP contribution in [0.2, 0.25) is 0 Å². The van der Waals surface area contributed by atoms with E-state index in [1.807, 2.05) is 6.07 Å². The molecule has 1 fully saturated rings. The maximum absolute atomic E-state index is 13.3. The van der Waals surface area contributed by atoms with Gasteiger partial charge in [0.15, 0.2) is 0 Å². The zero-order valence-electron chi connectivity index (χ0n) is 9.17. The fraction of sp³-hybridized carbons (Fsp3) is 0.538. The first-order valence-electron chi connectivity index (χ1n) is 5.72. The summed E-state index contributed by atoms with van der Waals surface area (Å²) in [5, 5.41) is 0. The molecule has 0 aliphatic heterocycles. The van der Waals surface area contributed by atoms with Crippen LogP contribution in [0.5, 0.6) is 0 Å². The summed E-state index contributed by atoms with van der Waals surface area (Å²) in [7, 11) is 0. The van der Waals surface area contributed by atoms with Crippen LogP contribution in [0.1, 0.15) is 44.1 Å². The molecule has 1 aliphatic rings. The molecule has 1 aromatic carbocycles. The molecule has 2 rings (SSSR count). The molecule has 0 saturated heterocycles. The van der Waals surface area contributed by atoms with Crippen LogP contribution in [0.4, 0.5) is 10.1 Å². The minimum atomic E-state index is -0.272. The minimum Gasteiger partial charge on any atom is -0.396 e. The summed E-state index contributed by atoms with van der Waals surface area (Å²) >= 11 is 0. The molecule has 1 saturated carbocycles. The molecule has 0 heterocycles. The summed E-state index contributed by atoms with van der Waals surface area (Å²) in [5.74, 6) is 0.932. The predicted octanol–water partition coefficient (Wildman–Crippen LogP) is 3.70. The molecule has 82 valence electrons. The number of hydrogen-bond acceptors (Lipinski definition) is 1. The van der Waals surface area contributed by atoms with Crippen LogP contribution < -0.4 is 5.73 Å². The van der Waals surface area contributed by atoms with Gasteiger partial charge in [-0.25, -0.2) is 4.39 Å². The van der Waals surface area contributed by atoms with E-state index in [9.17, 15) is 4.39 Å². The van der Waals surface area contributed by atoms with Gasteiger partial charge in [-0.15, -0.1) is 0 Å². The Labute approximate surface area is 90.5 Å². The quantitative estimate of drug-likeness (QED) is 0.698. The Morgan fingerprint density at radius 1 is 1.33 bits per heavy atom. The number of para-hydroxylation sites is 1. The van der Waals surface area contributed by atoms with E-state index in [1.54, 1.807) is 6.07 Å². The Balaban J connectivity index is 2.24. The van der Waals surface area contributed by atoms with Crippen molar-refractivity contribution in [3.05, 3.63) is 29.6 Å². The van der Waals surface area contributed by atoms with Crippen molar-refractivity contribution < 1.29 is 4.39 Å². The third kappa shape index (κ3) is 2.14. The Morgan fingerprint density at radius 2 is 2.13 bits per heavy atom. The fourth-order valence-corrected chi connectivity index (χ4v) is 2.63. The standard InChI is InChI=1S/C13H18FN/c1-9-4-2-5-10(8-9)11-6-3-7-12(14)13(11)15/h3,6-7,9-10H,2,4-5,8,15H2,1H3. The fourth-order valence-electron chi connectivity index (χ4n) is 2.63. The van der Waals surface area contributed by atoms with E-state index in [0.29, 0.717) is 11.6 Å². The summed E-state index contributed by atoms with van der Waals surface area (Å²) in [6.07, 6.45) is 4.83. The van der Waals surface area contributed by atoms with E-state index in [2.05, 4.69) is 6.92 Å². The smallest absolute Gasteiger partial charge is 0.146 e. The SMILES string of the molecule is CC1CCCC(c2cccc(F)c2N)C1. The number of nitrogens with two attached hydrogens (primary N) is 1. The third-order valence-corrected chi connectivity index (χ3v) is 3.46. The molecule has 0 bridgehead atoms. The first kappa shape index (κ1) is 10.5. The second-order valence-electron chi connectivity index (χ2n) is 4.71. The van der Waals surface area contributed by atoms with Crippen LogP contribution in [0.15, 0.2) is 18.2 Å². The Bertz CT molecular complexity index is 348. The monoisotopic (exact) mass is 207 g/mol. The summed E-state index contributed by atoms with van der Waals surface area (Å²) < 4.78 is 13.3. The van der Waals surface area contributed by atoms with Crippen molar-refractivity contribution in [2.45, 2.75) is 38.5 Å². The Hall–Kier alpha value is -1.05. The molecule has 1 aromatic rings. The summed E-state index contributed by atoms with van der Waals surface area (Å²) in [6, 6.07) is 5.17. The van der Waals surface area contributed by atoms with Crippen molar-refractivity contribution in [1.82, 2.24) is 0 Å². The molecular weight excluding hydrogens is 189 g/mol. The molecule has 2 heteroatoms. The first-order valence-corrected chi connectivity index (χ1v) is 5.72. The lowest BCUT2D eigenvalue weighted by atomic mass is 9.78. The third-order valence-electron chi connectivity index (χ3n) is 3.46. The highest BCUT2D eigenvalue weighted by Crippen LogP contribution is 2.38. The summed E-state index contributed by atoms with van der Waals surface area (Å²) in [5.41, 5.74) is 7.16. The van der Waals surface area contributed by atoms with E-state index >= 15 is 0 Å². The van der Waals surface area contributed by atoms with Crippen LogP contribution in [-0.4, -0.2) is 0 Å². The van der Waals surface area contributed by atoms with Crippen molar-refractivity contribution in [1.29, 1.82) is 0 Å². The van der Waals surface area contributed by atoms with E-state index in [-0.39, 0.29) is 5.82 Å². The van der Waals surface area contributed by atoms with Crippen LogP contribution in [0, 0.1) is 11.7 Å². The predicted molar refractivity (Wildman–Crippen MR) is 61.2 cm³/mol. The van der Waals surface area contributed by atoms with Crippen LogP contribution >= 0.6 is 0 Å². The van der Waals surface area contributed by atoms with Crippen molar-refractivity contribution in [2.24, 2.45) is 5.92 Å². The zero-order chi connectivity index (χ0) is 10.8. The number of benzene rings is 1. The molecular formula is C13H18FN. The molecule has 2 unspecified atom stereocenters. The average Bonchev–Trinajstić information content (AvgIpc) is 2.22. The lowest BCUT2D eigenvalue weighted by Gasteiger charge is -2.27. The van der Waals surface area contributed by atoms with Gasteiger partial charge >= 0.3 is 0 Å². The lowest BCUT2D eigenvalue weighted by Crippen LogP contribution is -2.13. The number of halogens is 1. The molecule has 2 N–H and O–H groups in total. The largest absolute Gasteiger partial charge is 0.396 e. The van der Waals surface area contributed by atoms with Crippen LogP contribution in [0.25, 0.3) is 0 Å². The van der Waals surface area contributed by atoms with E-state index in [1.165, 1.54) is 18.9 Å². The number of anilines is 1.